The van der Waals surface area contributed by atoms with E-state index in [0.717, 1.165) is 0 Å². The third-order valence-electron chi connectivity index (χ3n) is 4.09. The van der Waals surface area contributed by atoms with Crippen molar-refractivity contribution in [3.63, 3.8) is 0 Å². The standard InChI is InChI=1S/C19H18N2O2/c1-3-7-14(8-4-1)16-12-22-18(20-16)11-19-21-17(13-23-19)15-9-5-2-6-10-15/h1-10,16-17H,11-13H2/t16-,17?/m1/s1. The average molecular weight is 306 g/mol. The predicted octanol–water partition coefficient (Wildman–Crippen LogP) is 3.72. The molecule has 0 bridgehead atoms. The van der Waals surface area contributed by atoms with Crippen LogP contribution in [-0.2, 0) is 9.47 Å². The Morgan fingerprint density at radius 2 is 1.13 bits per heavy atom. The van der Waals surface area contributed by atoms with Gasteiger partial charge in [-0.2, -0.15) is 0 Å². The molecule has 2 heterocycles. The number of benzene rings is 2. The smallest absolute Gasteiger partial charge is 0.193 e. The molecule has 0 N–H and O–H groups in total. The molecule has 0 saturated heterocycles. The van der Waals surface area contributed by atoms with E-state index in [1.54, 1.807) is 0 Å². The van der Waals surface area contributed by atoms with Gasteiger partial charge in [-0.1, -0.05) is 60.7 Å². The van der Waals surface area contributed by atoms with Crippen LogP contribution in [0.4, 0.5) is 0 Å². The zero-order valence-corrected chi connectivity index (χ0v) is 12.8. The Kier molecular flexibility index (Phi) is 3.80. The van der Waals surface area contributed by atoms with Crippen LogP contribution in [-0.4, -0.2) is 25.0 Å². The van der Waals surface area contributed by atoms with Crippen molar-refractivity contribution in [3.05, 3.63) is 71.8 Å². The van der Waals surface area contributed by atoms with Gasteiger partial charge in [-0.05, 0) is 11.1 Å². The van der Waals surface area contributed by atoms with Gasteiger partial charge in [0.2, 0.25) is 0 Å². The largest absolute Gasteiger partial charge is 0.478 e. The Bertz CT molecular complexity index is 662. The fraction of sp³-hybridized carbons (Fsp3) is 0.263. The molecule has 2 aromatic rings. The van der Waals surface area contributed by atoms with Crippen LogP contribution in [0, 0.1) is 0 Å². The Morgan fingerprint density at radius 1 is 0.696 bits per heavy atom. The van der Waals surface area contributed by atoms with Crippen molar-refractivity contribution < 1.29 is 9.47 Å². The van der Waals surface area contributed by atoms with E-state index in [1.165, 1.54) is 11.1 Å². The van der Waals surface area contributed by atoms with Gasteiger partial charge in [0.1, 0.15) is 25.3 Å². The summed E-state index contributed by atoms with van der Waals surface area (Å²) in [5.41, 5.74) is 2.36. The second-order valence-electron chi connectivity index (χ2n) is 5.70. The summed E-state index contributed by atoms with van der Waals surface area (Å²) < 4.78 is 11.4. The lowest BCUT2D eigenvalue weighted by Crippen LogP contribution is -2.08. The van der Waals surface area contributed by atoms with Crippen molar-refractivity contribution in [3.8, 4) is 0 Å². The lowest BCUT2D eigenvalue weighted by molar-refractivity contribution is 0.300. The summed E-state index contributed by atoms with van der Waals surface area (Å²) in [5.74, 6) is 1.43. The SMILES string of the molecule is c1ccc(C2COC(CC3=N[C@@H](c4ccccc4)CO3)=N2)cc1. The maximum atomic E-state index is 5.71. The first kappa shape index (κ1) is 14.0. The number of nitrogens with zero attached hydrogens (tertiary/aromatic N) is 2. The predicted molar refractivity (Wildman–Crippen MR) is 89.8 cm³/mol. The van der Waals surface area contributed by atoms with Crippen molar-refractivity contribution in [2.24, 2.45) is 9.98 Å². The molecule has 0 amide bonds. The molecule has 4 heteroatoms. The highest BCUT2D eigenvalue weighted by atomic mass is 16.5. The number of rotatable bonds is 4. The van der Waals surface area contributed by atoms with Crippen molar-refractivity contribution in [1.82, 2.24) is 0 Å². The molecule has 116 valence electrons. The van der Waals surface area contributed by atoms with Gasteiger partial charge in [0.05, 0.1) is 6.42 Å². The molecular weight excluding hydrogens is 288 g/mol. The van der Waals surface area contributed by atoms with Crippen LogP contribution < -0.4 is 0 Å². The highest BCUT2D eigenvalue weighted by molar-refractivity contribution is 5.98. The summed E-state index contributed by atoms with van der Waals surface area (Å²) in [6, 6.07) is 20.6. The summed E-state index contributed by atoms with van der Waals surface area (Å²) in [6.45, 7) is 1.18. The van der Waals surface area contributed by atoms with E-state index < -0.39 is 0 Å². The molecule has 0 saturated carbocycles. The molecule has 2 aliphatic rings. The second-order valence-corrected chi connectivity index (χ2v) is 5.70. The van der Waals surface area contributed by atoms with Crippen LogP contribution in [0.2, 0.25) is 0 Å². The monoisotopic (exact) mass is 306 g/mol. The van der Waals surface area contributed by atoms with Gasteiger partial charge in [-0.3, -0.25) is 0 Å². The van der Waals surface area contributed by atoms with Crippen LogP contribution in [0.1, 0.15) is 29.6 Å². The highest BCUT2D eigenvalue weighted by Crippen LogP contribution is 2.26. The first-order chi connectivity index (χ1) is 11.4. The number of aliphatic imine (C=N–C) groups is 2. The zero-order valence-electron chi connectivity index (χ0n) is 12.8. The Balaban J connectivity index is 1.43. The van der Waals surface area contributed by atoms with Gasteiger partial charge in [-0.25, -0.2) is 9.98 Å². The third-order valence-corrected chi connectivity index (χ3v) is 4.09. The van der Waals surface area contributed by atoms with E-state index in [9.17, 15) is 0 Å². The molecule has 0 fully saturated rings. The van der Waals surface area contributed by atoms with Gasteiger partial charge in [0, 0.05) is 0 Å². The fourth-order valence-electron chi connectivity index (χ4n) is 2.86. The van der Waals surface area contributed by atoms with Crippen LogP contribution in [0.25, 0.3) is 0 Å². The number of ether oxygens (including phenoxy) is 2. The van der Waals surface area contributed by atoms with Crippen molar-refractivity contribution in [2.45, 2.75) is 18.5 Å². The Labute approximate surface area is 135 Å². The van der Waals surface area contributed by atoms with Gasteiger partial charge in [-0.15, -0.1) is 0 Å². The van der Waals surface area contributed by atoms with Crippen LogP contribution in [0.5, 0.6) is 0 Å². The summed E-state index contributed by atoms with van der Waals surface area (Å²) in [4.78, 5) is 9.31. The first-order valence-electron chi connectivity index (χ1n) is 7.87. The van der Waals surface area contributed by atoms with Gasteiger partial charge >= 0.3 is 0 Å². The summed E-state index contributed by atoms with van der Waals surface area (Å²) in [6.07, 6.45) is 0.534. The second kappa shape index (κ2) is 6.24. The number of hydrogen-bond donors (Lipinski definition) is 0. The van der Waals surface area contributed by atoms with Crippen molar-refractivity contribution in [2.75, 3.05) is 13.2 Å². The van der Waals surface area contributed by atoms with Gasteiger partial charge in [0.25, 0.3) is 0 Å². The lowest BCUT2D eigenvalue weighted by atomic mass is 10.1. The molecule has 4 rings (SSSR count). The van der Waals surface area contributed by atoms with E-state index in [4.69, 9.17) is 9.47 Å². The van der Waals surface area contributed by atoms with E-state index in [0.29, 0.717) is 31.4 Å². The molecule has 23 heavy (non-hydrogen) atoms. The molecule has 2 atom stereocenters. The third kappa shape index (κ3) is 3.11. The molecule has 4 nitrogen and oxygen atoms in total. The number of hydrogen-bond acceptors (Lipinski definition) is 4. The minimum atomic E-state index is 0.0816. The van der Waals surface area contributed by atoms with Crippen molar-refractivity contribution >= 4 is 11.8 Å². The zero-order chi connectivity index (χ0) is 15.5. The molecule has 2 aliphatic heterocycles. The van der Waals surface area contributed by atoms with E-state index >= 15 is 0 Å². The quantitative estimate of drug-likeness (QED) is 0.864. The Hall–Kier alpha value is -2.62. The molecule has 0 aromatic heterocycles. The topological polar surface area (TPSA) is 43.2 Å². The van der Waals surface area contributed by atoms with Crippen LogP contribution in [0.15, 0.2) is 70.6 Å². The summed E-state index contributed by atoms with van der Waals surface area (Å²) >= 11 is 0. The van der Waals surface area contributed by atoms with Crippen LogP contribution in [0.3, 0.4) is 0 Å². The molecule has 0 aliphatic carbocycles. The lowest BCUT2D eigenvalue weighted by Gasteiger charge is -2.03. The summed E-state index contributed by atoms with van der Waals surface area (Å²) in [5, 5.41) is 0. The maximum absolute atomic E-state index is 5.71. The molecule has 0 radical (unpaired) electrons. The normalized spacial score (nSPS) is 23.0. The van der Waals surface area contributed by atoms with E-state index in [2.05, 4.69) is 34.3 Å². The van der Waals surface area contributed by atoms with Gasteiger partial charge in [0.15, 0.2) is 11.8 Å². The van der Waals surface area contributed by atoms with Crippen LogP contribution >= 0.6 is 0 Å². The van der Waals surface area contributed by atoms with Gasteiger partial charge < -0.3 is 9.47 Å². The highest BCUT2D eigenvalue weighted by Gasteiger charge is 2.26. The molecular formula is C19H18N2O2. The minimum Gasteiger partial charge on any atom is -0.478 e. The summed E-state index contributed by atoms with van der Waals surface area (Å²) in [7, 11) is 0. The molecule has 0 spiro atoms. The maximum Gasteiger partial charge on any atom is 0.193 e. The minimum absolute atomic E-state index is 0.0816. The first-order valence-corrected chi connectivity index (χ1v) is 7.87. The van der Waals surface area contributed by atoms with E-state index in [1.807, 2.05) is 36.4 Å². The Morgan fingerprint density at radius 3 is 1.57 bits per heavy atom. The average Bonchev–Trinajstić information content (AvgIpc) is 3.27. The molecule has 1 unspecified atom stereocenters. The fourth-order valence-corrected chi connectivity index (χ4v) is 2.86. The van der Waals surface area contributed by atoms with Crippen molar-refractivity contribution in [1.29, 1.82) is 0 Å². The molecule has 2 aromatic carbocycles. The van der Waals surface area contributed by atoms with E-state index in [-0.39, 0.29) is 12.1 Å².